The number of rotatable bonds is 6. The Kier molecular flexibility index (Phi) is 4.84. The lowest BCUT2D eigenvalue weighted by atomic mass is 10.2. The van der Waals surface area contributed by atoms with Gasteiger partial charge in [0, 0.05) is 12.1 Å². The number of primary amides is 1. The molecule has 0 aliphatic rings. The molecule has 0 bridgehead atoms. The highest BCUT2D eigenvalue weighted by molar-refractivity contribution is 5.79. The van der Waals surface area contributed by atoms with E-state index in [1.54, 1.807) is 25.1 Å². The number of ether oxygens (including phenoxy) is 1. The van der Waals surface area contributed by atoms with Crippen LogP contribution in [-0.2, 0) is 11.3 Å². The number of halogens is 2. The van der Waals surface area contributed by atoms with E-state index >= 15 is 0 Å². The molecule has 0 heterocycles. The smallest absolute Gasteiger partial charge is 0.387 e. The first-order valence-electron chi connectivity index (χ1n) is 5.06. The van der Waals surface area contributed by atoms with E-state index in [-0.39, 0.29) is 12.3 Å². The largest absolute Gasteiger partial charge is 0.434 e. The molecular formula is C11H14F2N2O2. The Balaban J connectivity index is 2.66. The average molecular weight is 244 g/mol. The van der Waals surface area contributed by atoms with Crippen molar-refractivity contribution in [3.63, 3.8) is 0 Å². The molecule has 1 rings (SSSR count). The van der Waals surface area contributed by atoms with Crippen LogP contribution in [0.3, 0.4) is 0 Å². The third kappa shape index (κ3) is 4.36. The summed E-state index contributed by atoms with van der Waals surface area (Å²) in [6.07, 6.45) is 0. The van der Waals surface area contributed by atoms with E-state index in [4.69, 9.17) is 5.73 Å². The molecule has 1 atom stereocenters. The molecule has 4 nitrogen and oxygen atoms in total. The summed E-state index contributed by atoms with van der Waals surface area (Å²) in [4.78, 5) is 10.8. The van der Waals surface area contributed by atoms with Gasteiger partial charge in [-0.25, -0.2) is 0 Å². The normalized spacial score (nSPS) is 12.5. The second kappa shape index (κ2) is 6.15. The Morgan fingerprint density at radius 2 is 2.12 bits per heavy atom. The van der Waals surface area contributed by atoms with Gasteiger partial charge in [0.25, 0.3) is 0 Å². The Bertz CT molecular complexity index is 385. The standard InChI is InChI=1S/C11H14F2N2O2/c1-7(10(14)16)15-6-8-4-2-3-5-9(8)17-11(12)13/h2-5,7,11,15H,6H2,1H3,(H2,14,16). The van der Waals surface area contributed by atoms with Crippen molar-refractivity contribution >= 4 is 5.91 Å². The number of nitrogens with one attached hydrogen (secondary N) is 1. The van der Waals surface area contributed by atoms with Gasteiger partial charge in [-0.1, -0.05) is 18.2 Å². The summed E-state index contributed by atoms with van der Waals surface area (Å²) in [6, 6.07) is 5.84. The van der Waals surface area contributed by atoms with Gasteiger partial charge in [0.15, 0.2) is 0 Å². The van der Waals surface area contributed by atoms with Crippen LogP contribution in [0.4, 0.5) is 8.78 Å². The van der Waals surface area contributed by atoms with Gasteiger partial charge in [0.05, 0.1) is 6.04 Å². The molecule has 0 aliphatic heterocycles. The zero-order valence-corrected chi connectivity index (χ0v) is 9.32. The van der Waals surface area contributed by atoms with Crippen LogP contribution in [0, 0.1) is 0 Å². The number of benzene rings is 1. The summed E-state index contributed by atoms with van der Waals surface area (Å²) in [7, 11) is 0. The van der Waals surface area contributed by atoms with Gasteiger partial charge < -0.3 is 15.8 Å². The van der Waals surface area contributed by atoms with Crippen molar-refractivity contribution in [3.8, 4) is 5.75 Å². The van der Waals surface area contributed by atoms with Crippen LogP contribution in [-0.4, -0.2) is 18.6 Å². The van der Waals surface area contributed by atoms with Crippen LogP contribution in [0.2, 0.25) is 0 Å². The number of nitrogens with two attached hydrogens (primary N) is 1. The molecule has 1 aromatic rings. The Hall–Kier alpha value is -1.69. The predicted octanol–water partition coefficient (Wildman–Crippen LogP) is 1.25. The van der Waals surface area contributed by atoms with Crippen LogP contribution in [0.15, 0.2) is 24.3 Å². The van der Waals surface area contributed by atoms with Crippen molar-refractivity contribution in [1.29, 1.82) is 0 Å². The van der Waals surface area contributed by atoms with Gasteiger partial charge in [0.1, 0.15) is 5.75 Å². The quantitative estimate of drug-likeness (QED) is 0.791. The zero-order valence-electron chi connectivity index (χ0n) is 9.32. The van der Waals surface area contributed by atoms with Crippen molar-refractivity contribution in [3.05, 3.63) is 29.8 Å². The van der Waals surface area contributed by atoms with Gasteiger partial charge in [0.2, 0.25) is 5.91 Å². The molecule has 0 aromatic heterocycles. The fraction of sp³-hybridized carbons (Fsp3) is 0.364. The molecule has 1 amide bonds. The third-order valence-electron chi connectivity index (χ3n) is 2.21. The first-order valence-corrected chi connectivity index (χ1v) is 5.06. The molecule has 0 saturated heterocycles. The van der Waals surface area contributed by atoms with Crippen LogP contribution in [0.1, 0.15) is 12.5 Å². The van der Waals surface area contributed by atoms with Crippen molar-refractivity contribution in [1.82, 2.24) is 5.32 Å². The number of hydrogen-bond acceptors (Lipinski definition) is 3. The maximum absolute atomic E-state index is 12.1. The number of alkyl halides is 2. The van der Waals surface area contributed by atoms with E-state index in [0.29, 0.717) is 5.56 Å². The van der Waals surface area contributed by atoms with Gasteiger partial charge in [-0.3, -0.25) is 4.79 Å². The number of para-hydroxylation sites is 1. The van der Waals surface area contributed by atoms with E-state index in [1.165, 1.54) is 6.07 Å². The zero-order chi connectivity index (χ0) is 12.8. The van der Waals surface area contributed by atoms with Gasteiger partial charge in [-0.2, -0.15) is 8.78 Å². The second-order valence-corrected chi connectivity index (χ2v) is 3.49. The summed E-state index contributed by atoms with van der Waals surface area (Å²) < 4.78 is 28.6. The Morgan fingerprint density at radius 1 is 1.47 bits per heavy atom. The molecule has 94 valence electrons. The molecule has 1 unspecified atom stereocenters. The van der Waals surface area contributed by atoms with E-state index in [0.717, 1.165) is 0 Å². The second-order valence-electron chi connectivity index (χ2n) is 3.49. The highest BCUT2D eigenvalue weighted by Gasteiger charge is 2.11. The van der Waals surface area contributed by atoms with Crippen molar-refractivity contribution in [2.45, 2.75) is 26.1 Å². The Labute approximate surface area is 97.8 Å². The lowest BCUT2D eigenvalue weighted by Crippen LogP contribution is -2.38. The Morgan fingerprint density at radius 3 is 2.71 bits per heavy atom. The first-order chi connectivity index (χ1) is 8.00. The van der Waals surface area contributed by atoms with Crippen molar-refractivity contribution in [2.75, 3.05) is 0 Å². The topological polar surface area (TPSA) is 64.3 Å². The molecule has 6 heteroatoms. The van der Waals surface area contributed by atoms with Crippen LogP contribution in [0.5, 0.6) is 5.75 Å². The lowest BCUT2D eigenvalue weighted by Gasteiger charge is -2.13. The van der Waals surface area contributed by atoms with E-state index in [1.807, 2.05) is 0 Å². The highest BCUT2D eigenvalue weighted by atomic mass is 19.3. The van der Waals surface area contributed by atoms with Gasteiger partial charge >= 0.3 is 6.61 Å². The molecule has 0 aliphatic carbocycles. The molecule has 3 N–H and O–H groups in total. The minimum absolute atomic E-state index is 0.0895. The van der Waals surface area contributed by atoms with Crippen LogP contribution in [0.25, 0.3) is 0 Å². The number of hydrogen-bond donors (Lipinski definition) is 2. The fourth-order valence-electron chi connectivity index (χ4n) is 1.22. The van der Waals surface area contributed by atoms with Crippen molar-refractivity contribution < 1.29 is 18.3 Å². The summed E-state index contributed by atoms with van der Waals surface area (Å²) >= 11 is 0. The molecule has 0 saturated carbocycles. The summed E-state index contributed by atoms with van der Waals surface area (Å²) in [6.45, 7) is -1.05. The number of carbonyl (C=O) groups excluding carboxylic acids is 1. The summed E-state index contributed by atoms with van der Waals surface area (Å²) in [5.41, 5.74) is 5.61. The monoisotopic (exact) mass is 244 g/mol. The highest BCUT2D eigenvalue weighted by Crippen LogP contribution is 2.19. The fourth-order valence-corrected chi connectivity index (χ4v) is 1.22. The van der Waals surface area contributed by atoms with E-state index in [2.05, 4.69) is 10.1 Å². The minimum Gasteiger partial charge on any atom is -0.434 e. The number of amides is 1. The first kappa shape index (κ1) is 13.4. The van der Waals surface area contributed by atoms with Gasteiger partial charge in [-0.05, 0) is 13.0 Å². The maximum atomic E-state index is 12.1. The summed E-state index contributed by atoms with van der Waals surface area (Å²) in [5, 5.41) is 2.81. The third-order valence-corrected chi connectivity index (χ3v) is 2.21. The van der Waals surface area contributed by atoms with E-state index < -0.39 is 18.6 Å². The average Bonchev–Trinajstić information content (AvgIpc) is 2.26. The lowest BCUT2D eigenvalue weighted by molar-refractivity contribution is -0.119. The SMILES string of the molecule is CC(NCc1ccccc1OC(F)F)C(N)=O. The molecule has 0 fully saturated rings. The van der Waals surface area contributed by atoms with Gasteiger partial charge in [-0.15, -0.1) is 0 Å². The van der Waals surface area contributed by atoms with E-state index in [9.17, 15) is 13.6 Å². The summed E-state index contributed by atoms with van der Waals surface area (Å²) in [5.74, 6) is -0.413. The molecule has 17 heavy (non-hydrogen) atoms. The van der Waals surface area contributed by atoms with Crippen LogP contribution < -0.4 is 15.8 Å². The molecular weight excluding hydrogens is 230 g/mol. The maximum Gasteiger partial charge on any atom is 0.387 e. The molecule has 0 radical (unpaired) electrons. The van der Waals surface area contributed by atoms with Crippen LogP contribution >= 0.6 is 0 Å². The van der Waals surface area contributed by atoms with Crippen molar-refractivity contribution in [2.24, 2.45) is 5.73 Å². The minimum atomic E-state index is -2.87. The molecule has 1 aromatic carbocycles. The number of carbonyl (C=O) groups is 1. The predicted molar refractivity (Wildman–Crippen MR) is 58.6 cm³/mol. The molecule has 0 spiro atoms.